The van der Waals surface area contributed by atoms with E-state index in [0.29, 0.717) is 0 Å². The smallest absolute Gasteiger partial charge is 0.00391 e. The third kappa shape index (κ3) is 4.66. The Morgan fingerprint density at radius 2 is 1.92 bits per heavy atom. The predicted octanol–water partition coefficient (Wildman–Crippen LogP) is 3.62. The molecular formula is C10H20S2. The summed E-state index contributed by atoms with van der Waals surface area (Å²) in [5.74, 6) is 4.90. The lowest BCUT2D eigenvalue weighted by Crippen LogP contribution is -1.97. The monoisotopic (exact) mass is 204 g/mol. The number of unbranched alkanes of at least 4 members (excludes halogenated alkanes) is 1. The van der Waals surface area contributed by atoms with Crippen molar-refractivity contribution >= 4 is 24.4 Å². The molecule has 12 heavy (non-hydrogen) atoms. The van der Waals surface area contributed by atoms with Crippen LogP contribution in [0.4, 0.5) is 0 Å². The van der Waals surface area contributed by atoms with Crippen molar-refractivity contribution in [3.8, 4) is 0 Å². The highest BCUT2D eigenvalue weighted by atomic mass is 32.2. The number of rotatable bonds is 6. The Kier molecular flexibility index (Phi) is 6.41. The molecule has 0 atom stereocenters. The molecule has 0 amide bonds. The zero-order chi connectivity index (χ0) is 8.65. The average Bonchev–Trinajstić information content (AvgIpc) is 2.57. The van der Waals surface area contributed by atoms with Crippen molar-refractivity contribution in [1.82, 2.24) is 0 Å². The minimum absolute atomic E-state index is 1.06. The fraction of sp³-hybridized carbons (Fsp3) is 1.00. The second kappa shape index (κ2) is 7.14. The highest BCUT2D eigenvalue weighted by molar-refractivity contribution is 7.99. The Morgan fingerprint density at radius 3 is 2.58 bits per heavy atom. The fourth-order valence-electron chi connectivity index (χ4n) is 1.74. The first kappa shape index (κ1) is 10.8. The van der Waals surface area contributed by atoms with Crippen LogP contribution in [0.25, 0.3) is 0 Å². The third-order valence-corrected chi connectivity index (χ3v) is 4.13. The fourth-order valence-corrected chi connectivity index (χ4v) is 3.21. The molecule has 0 heterocycles. The molecule has 0 N–H and O–H groups in total. The van der Waals surface area contributed by atoms with Gasteiger partial charge in [-0.25, -0.2) is 0 Å². The average molecular weight is 204 g/mol. The zero-order valence-corrected chi connectivity index (χ0v) is 9.51. The predicted molar refractivity (Wildman–Crippen MR) is 62.4 cm³/mol. The summed E-state index contributed by atoms with van der Waals surface area (Å²) >= 11 is 6.36. The quantitative estimate of drug-likeness (QED) is 0.509. The Hall–Kier alpha value is 0.700. The maximum atomic E-state index is 4.20. The van der Waals surface area contributed by atoms with E-state index in [4.69, 9.17) is 0 Å². The number of thioether (sulfide) groups is 1. The Morgan fingerprint density at radius 1 is 1.17 bits per heavy atom. The molecule has 72 valence electrons. The molecular weight excluding hydrogens is 184 g/mol. The summed E-state index contributed by atoms with van der Waals surface area (Å²) in [6.45, 7) is 0. The molecule has 0 saturated heterocycles. The van der Waals surface area contributed by atoms with Gasteiger partial charge in [-0.1, -0.05) is 12.8 Å². The molecule has 0 spiro atoms. The summed E-state index contributed by atoms with van der Waals surface area (Å²) in [5.41, 5.74) is 0. The summed E-state index contributed by atoms with van der Waals surface area (Å²) in [4.78, 5) is 0. The van der Waals surface area contributed by atoms with Crippen LogP contribution in [0.2, 0.25) is 0 Å². The van der Waals surface area contributed by atoms with Gasteiger partial charge in [0.05, 0.1) is 0 Å². The first-order valence-corrected chi connectivity index (χ1v) is 6.91. The van der Waals surface area contributed by atoms with Gasteiger partial charge in [0.15, 0.2) is 0 Å². The van der Waals surface area contributed by atoms with E-state index < -0.39 is 0 Å². The summed E-state index contributed by atoms with van der Waals surface area (Å²) < 4.78 is 0. The molecule has 1 aliphatic carbocycles. The van der Waals surface area contributed by atoms with E-state index in [9.17, 15) is 0 Å². The highest BCUT2D eigenvalue weighted by Crippen LogP contribution is 2.27. The van der Waals surface area contributed by atoms with E-state index in [1.165, 1.54) is 50.0 Å². The van der Waals surface area contributed by atoms with Gasteiger partial charge in [-0.15, -0.1) is 0 Å². The first-order valence-electron chi connectivity index (χ1n) is 5.12. The summed E-state index contributed by atoms with van der Waals surface area (Å²) in [7, 11) is 0. The van der Waals surface area contributed by atoms with Crippen molar-refractivity contribution in [2.75, 3.05) is 17.3 Å². The molecule has 1 saturated carbocycles. The lowest BCUT2D eigenvalue weighted by Gasteiger charge is -2.07. The molecule has 1 rings (SSSR count). The van der Waals surface area contributed by atoms with Crippen LogP contribution < -0.4 is 0 Å². The minimum Gasteiger partial charge on any atom is -0.179 e. The Bertz CT molecular complexity index is 98.0. The van der Waals surface area contributed by atoms with Crippen molar-refractivity contribution in [2.24, 2.45) is 5.92 Å². The second-order valence-corrected chi connectivity index (χ2v) is 5.25. The molecule has 2 heteroatoms. The van der Waals surface area contributed by atoms with Gasteiger partial charge in [-0.05, 0) is 48.9 Å². The molecule has 1 fully saturated rings. The van der Waals surface area contributed by atoms with Crippen LogP contribution in [0, 0.1) is 5.92 Å². The number of hydrogen-bond donors (Lipinski definition) is 1. The van der Waals surface area contributed by atoms with Gasteiger partial charge < -0.3 is 0 Å². The second-order valence-electron chi connectivity index (χ2n) is 3.66. The van der Waals surface area contributed by atoms with Crippen LogP contribution in [0.1, 0.15) is 38.5 Å². The van der Waals surface area contributed by atoms with Crippen LogP contribution in [0.5, 0.6) is 0 Å². The topological polar surface area (TPSA) is 0 Å². The minimum atomic E-state index is 1.06. The molecule has 0 aromatic rings. The molecule has 0 aromatic heterocycles. The van der Waals surface area contributed by atoms with Crippen molar-refractivity contribution in [2.45, 2.75) is 38.5 Å². The van der Waals surface area contributed by atoms with Crippen molar-refractivity contribution in [3.63, 3.8) is 0 Å². The molecule has 0 nitrogen and oxygen atoms in total. The largest absolute Gasteiger partial charge is 0.179 e. The molecule has 0 aliphatic heterocycles. The normalized spacial score (nSPS) is 18.8. The summed E-state index contributed by atoms with van der Waals surface area (Å²) in [6, 6.07) is 0. The summed E-state index contributed by atoms with van der Waals surface area (Å²) in [6.07, 6.45) is 8.63. The first-order chi connectivity index (χ1) is 5.93. The van der Waals surface area contributed by atoms with Crippen LogP contribution >= 0.6 is 24.4 Å². The van der Waals surface area contributed by atoms with E-state index in [2.05, 4.69) is 24.4 Å². The van der Waals surface area contributed by atoms with Crippen molar-refractivity contribution in [1.29, 1.82) is 0 Å². The molecule has 0 bridgehead atoms. The zero-order valence-electron chi connectivity index (χ0n) is 7.80. The molecule has 0 radical (unpaired) electrons. The number of hydrogen-bond acceptors (Lipinski definition) is 2. The van der Waals surface area contributed by atoms with Gasteiger partial charge in [0, 0.05) is 0 Å². The molecule has 0 unspecified atom stereocenters. The molecule has 0 aromatic carbocycles. The van der Waals surface area contributed by atoms with Crippen molar-refractivity contribution in [3.05, 3.63) is 0 Å². The van der Waals surface area contributed by atoms with Gasteiger partial charge in [0.2, 0.25) is 0 Å². The van der Waals surface area contributed by atoms with Crippen LogP contribution in [0.3, 0.4) is 0 Å². The van der Waals surface area contributed by atoms with Crippen LogP contribution in [0.15, 0.2) is 0 Å². The van der Waals surface area contributed by atoms with E-state index in [1.54, 1.807) is 0 Å². The Balaban J connectivity index is 1.81. The molecule has 1 aliphatic rings. The van der Waals surface area contributed by atoms with Gasteiger partial charge in [-0.2, -0.15) is 24.4 Å². The van der Waals surface area contributed by atoms with Crippen LogP contribution in [-0.4, -0.2) is 17.3 Å². The van der Waals surface area contributed by atoms with E-state index in [1.807, 2.05) is 0 Å². The standard InChI is InChI=1S/C10H20S2/c11-7-3-4-8-12-9-10-5-1-2-6-10/h10-11H,1-9H2. The summed E-state index contributed by atoms with van der Waals surface area (Å²) in [5, 5.41) is 0. The van der Waals surface area contributed by atoms with E-state index >= 15 is 0 Å². The van der Waals surface area contributed by atoms with Gasteiger partial charge in [-0.3, -0.25) is 0 Å². The lowest BCUT2D eigenvalue weighted by atomic mass is 10.1. The Labute approximate surface area is 86.3 Å². The van der Waals surface area contributed by atoms with Gasteiger partial charge >= 0.3 is 0 Å². The van der Waals surface area contributed by atoms with Gasteiger partial charge in [0.1, 0.15) is 0 Å². The lowest BCUT2D eigenvalue weighted by molar-refractivity contribution is 0.623. The SMILES string of the molecule is SCCCCSCC1CCCC1. The van der Waals surface area contributed by atoms with E-state index in [0.717, 1.165) is 11.7 Å². The van der Waals surface area contributed by atoms with Crippen molar-refractivity contribution < 1.29 is 0 Å². The maximum absolute atomic E-state index is 4.20. The highest BCUT2D eigenvalue weighted by Gasteiger charge is 2.13. The van der Waals surface area contributed by atoms with Crippen LogP contribution in [-0.2, 0) is 0 Å². The number of thiol groups is 1. The van der Waals surface area contributed by atoms with Gasteiger partial charge in [0.25, 0.3) is 0 Å². The third-order valence-electron chi connectivity index (χ3n) is 2.53. The maximum Gasteiger partial charge on any atom is -0.00391 e. The van der Waals surface area contributed by atoms with E-state index in [-0.39, 0.29) is 0 Å².